The summed E-state index contributed by atoms with van der Waals surface area (Å²) in [5.74, 6) is -0.00348. The summed E-state index contributed by atoms with van der Waals surface area (Å²) in [6, 6.07) is 0. The van der Waals surface area contributed by atoms with Gasteiger partial charge in [0.05, 0.1) is 0 Å². The van der Waals surface area contributed by atoms with Crippen molar-refractivity contribution < 1.29 is 9.53 Å². The van der Waals surface area contributed by atoms with E-state index in [2.05, 4.69) is 22.5 Å². The van der Waals surface area contributed by atoms with Gasteiger partial charge in [0.25, 0.3) is 0 Å². The summed E-state index contributed by atoms with van der Waals surface area (Å²) in [7, 11) is 0. The number of carbonyl (C=O) groups is 1. The summed E-state index contributed by atoms with van der Waals surface area (Å²) >= 11 is 0. The first-order chi connectivity index (χ1) is 8.33. The van der Waals surface area contributed by atoms with Crippen molar-refractivity contribution in [3.05, 3.63) is 0 Å². The van der Waals surface area contributed by atoms with E-state index in [1.54, 1.807) is 0 Å². The van der Waals surface area contributed by atoms with E-state index in [1.807, 2.05) is 0 Å². The summed E-state index contributed by atoms with van der Waals surface area (Å²) in [5.41, 5.74) is 0. The van der Waals surface area contributed by atoms with Crippen LogP contribution in [0.1, 0.15) is 19.8 Å². The lowest BCUT2D eigenvalue weighted by molar-refractivity contribution is -0.125. The Morgan fingerprint density at radius 2 is 2.18 bits per heavy atom. The topological polar surface area (TPSA) is 53.6 Å². The summed E-state index contributed by atoms with van der Waals surface area (Å²) < 4.78 is 5.24. The van der Waals surface area contributed by atoms with Crippen LogP contribution in [0, 0.1) is 0 Å². The fourth-order valence-electron chi connectivity index (χ4n) is 1.75. The Morgan fingerprint density at radius 1 is 1.41 bits per heavy atom. The van der Waals surface area contributed by atoms with Gasteiger partial charge < -0.3 is 15.4 Å². The molecule has 17 heavy (non-hydrogen) atoms. The lowest BCUT2D eigenvalue weighted by Crippen LogP contribution is -2.46. The van der Waals surface area contributed by atoms with E-state index < -0.39 is 0 Å². The predicted octanol–water partition coefficient (Wildman–Crippen LogP) is -0.175. The standard InChI is InChI=1S/C12H25N3O2/c1-2-3-10-17-11-12(16)14-6-9-15-7-4-13-5-8-15/h13H,2-11H2,1H3,(H,14,16). The lowest BCUT2D eigenvalue weighted by Gasteiger charge is -2.27. The maximum absolute atomic E-state index is 11.4. The van der Waals surface area contributed by atoms with Gasteiger partial charge in [0.1, 0.15) is 6.61 Å². The van der Waals surface area contributed by atoms with E-state index >= 15 is 0 Å². The van der Waals surface area contributed by atoms with Gasteiger partial charge in [-0.1, -0.05) is 13.3 Å². The quantitative estimate of drug-likeness (QED) is 0.581. The number of unbranched alkanes of at least 4 members (excludes halogenated alkanes) is 1. The zero-order chi connectivity index (χ0) is 12.3. The molecule has 1 heterocycles. The van der Waals surface area contributed by atoms with E-state index in [9.17, 15) is 4.79 Å². The molecule has 0 aromatic heterocycles. The van der Waals surface area contributed by atoms with Crippen LogP contribution in [0.2, 0.25) is 0 Å². The van der Waals surface area contributed by atoms with Crippen molar-refractivity contribution in [3.63, 3.8) is 0 Å². The molecule has 0 radical (unpaired) electrons. The molecule has 5 nitrogen and oxygen atoms in total. The minimum atomic E-state index is -0.00348. The van der Waals surface area contributed by atoms with Gasteiger partial charge in [0, 0.05) is 45.9 Å². The van der Waals surface area contributed by atoms with Crippen molar-refractivity contribution >= 4 is 5.91 Å². The molecule has 1 fully saturated rings. The molecular weight excluding hydrogens is 218 g/mol. The van der Waals surface area contributed by atoms with Gasteiger partial charge in [-0.15, -0.1) is 0 Å². The van der Waals surface area contributed by atoms with Crippen molar-refractivity contribution in [1.29, 1.82) is 0 Å². The van der Waals surface area contributed by atoms with E-state index in [1.165, 1.54) is 0 Å². The SMILES string of the molecule is CCCCOCC(=O)NCCN1CCNCC1. The molecule has 1 rings (SSSR count). The molecule has 0 atom stereocenters. The normalized spacial score (nSPS) is 17.0. The highest BCUT2D eigenvalue weighted by Crippen LogP contribution is 1.90. The van der Waals surface area contributed by atoms with Gasteiger partial charge in [-0.3, -0.25) is 9.69 Å². The second-order valence-electron chi connectivity index (χ2n) is 4.35. The molecule has 1 aliphatic heterocycles. The first kappa shape index (κ1) is 14.4. The number of rotatable bonds is 8. The van der Waals surface area contributed by atoms with Gasteiger partial charge >= 0.3 is 0 Å². The minimum absolute atomic E-state index is 0.00348. The largest absolute Gasteiger partial charge is 0.372 e. The van der Waals surface area contributed by atoms with Crippen molar-refractivity contribution in [2.24, 2.45) is 0 Å². The van der Waals surface area contributed by atoms with Gasteiger partial charge in [0.2, 0.25) is 5.91 Å². The van der Waals surface area contributed by atoms with E-state index in [-0.39, 0.29) is 12.5 Å². The predicted molar refractivity (Wildman–Crippen MR) is 68.0 cm³/mol. The van der Waals surface area contributed by atoms with Crippen LogP contribution in [-0.2, 0) is 9.53 Å². The van der Waals surface area contributed by atoms with Gasteiger partial charge in [0.15, 0.2) is 0 Å². The second kappa shape index (κ2) is 9.39. The summed E-state index contributed by atoms with van der Waals surface area (Å²) in [6.45, 7) is 8.88. The number of hydrogen-bond acceptors (Lipinski definition) is 4. The van der Waals surface area contributed by atoms with Crippen LogP contribution < -0.4 is 10.6 Å². The maximum atomic E-state index is 11.4. The molecule has 0 saturated carbocycles. The van der Waals surface area contributed by atoms with Gasteiger partial charge in [-0.2, -0.15) is 0 Å². The number of carbonyl (C=O) groups excluding carboxylic acids is 1. The Bertz CT molecular complexity index is 206. The van der Waals surface area contributed by atoms with Crippen LogP contribution in [0.25, 0.3) is 0 Å². The number of nitrogens with one attached hydrogen (secondary N) is 2. The van der Waals surface area contributed by atoms with Crippen LogP contribution in [0.4, 0.5) is 0 Å². The molecule has 0 aliphatic carbocycles. The van der Waals surface area contributed by atoms with Crippen LogP contribution in [-0.4, -0.2) is 63.3 Å². The molecule has 1 aliphatic rings. The highest BCUT2D eigenvalue weighted by atomic mass is 16.5. The monoisotopic (exact) mass is 243 g/mol. The summed E-state index contributed by atoms with van der Waals surface area (Å²) in [5, 5.41) is 6.19. The van der Waals surface area contributed by atoms with Gasteiger partial charge in [-0.25, -0.2) is 0 Å². The fourth-order valence-corrected chi connectivity index (χ4v) is 1.75. The smallest absolute Gasteiger partial charge is 0.246 e. The number of amides is 1. The van der Waals surface area contributed by atoms with Crippen LogP contribution in [0.5, 0.6) is 0 Å². The third-order valence-corrected chi connectivity index (χ3v) is 2.84. The first-order valence-electron chi connectivity index (χ1n) is 6.60. The molecule has 5 heteroatoms. The highest BCUT2D eigenvalue weighted by molar-refractivity contribution is 5.77. The Balaban J connectivity index is 1.92. The Labute approximate surface area is 104 Å². The molecule has 0 aromatic rings. The molecule has 0 bridgehead atoms. The van der Waals surface area contributed by atoms with Crippen LogP contribution in [0.3, 0.4) is 0 Å². The van der Waals surface area contributed by atoms with Crippen LogP contribution in [0.15, 0.2) is 0 Å². The maximum Gasteiger partial charge on any atom is 0.246 e. The number of hydrogen-bond donors (Lipinski definition) is 2. The van der Waals surface area contributed by atoms with E-state index in [0.29, 0.717) is 6.61 Å². The third-order valence-electron chi connectivity index (χ3n) is 2.84. The van der Waals surface area contributed by atoms with E-state index in [4.69, 9.17) is 4.74 Å². The Morgan fingerprint density at radius 3 is 2.88 bits per heavy atom. The molecule has 1 saturated heterocycles. The van der Waals surface area contributed by atoms with E-state index in [0.717, 1.165) is 52.1 Å². The average Bonchev–Trinajstić information content (AvgIpc) is 2.36. The summed E-state index contributed by atoms with van der Waals surface area (Å²) in [6.07, 6.45) is 2.12. The Hall–Kier alpha value is -0.650. The molecular formula is C12H25N3O2. The van der Waals surface area contributed by atoms with Crippen molar-refractivity contribution in [3.8, 4) is 0 Å². The molecule has 1 amide bonds. The summed E-state index contributed by atoms with van der Waals surface area (Å²) in [4.78, 5) is 13.7. The average molecular weight is 243 g/mol. The van der Waals surface area contributed by atoms with Crippen molar-refractivity contribution in [1.82, 2.24) is 15.5 Å². The number of piperazine rings is 1. The minimum Gasteiger partial charge on any atom is -0.372 e. The number of ether oxygens (including phenoxy) is 1. The molecule has 2 N–H and O–H groups in total. The zero-order valence-electron chi connectivity index (χ0n) is 10.8. The molecule has 100 valence electrons. The van der Waals surface area contributed by atoms with Crippen molar-refractivity contribution in [2.45, 2.75) is 19.8 Å². The molecule has 0 unspecified atom stereocenters. The van der Waals surface area contributed by atoms with Crippen LogP contribution >= 0.6 is 0 Å². The number of nitrogens with zero attached hydrogens (tertiary/aromatic N) is 1. The zero-order valence-corrected chi connectivity index (χ0v) is 10.8. The fraction of sp³-hybridized carbons (Fsp3) is 0.917. The second-order valence-corrected chi connectivity index (χ2v) is 4.35. The molecule has 0 aromatic carbocycles. The molecule has 0 spiro atoms. The first-order valence-corrected chi connectivity index (χ1v) is 6.60. The Kier molecular flexibility index (Phi) is 7.96. The highest BCUT2D eigenvalue weighted by Gasteiger charge is 2.09. The van der Waals surface area contributed by atoms with Gasteiger partial charge in [-0.05, 0) is 6.42 Å². The van der Waals surface area contributed by atoms with Crippen molar-refractivity contribution in [2.75, 3.05) is 52.5 Å². The third kappa shape index (κ3) is 7.31. The lowest BCUT2D eigenvalue weighted by atomic mass is 10.3.